The molecule has 0 aromatic heterocycles. The summed E-state index contributed by atoms with van der Waals surface area (Å²) in [6.45, 7) is 7.74. The second-order valence-corrected chi connectivity index (χ2v) is 5.47. The number of nitrogens with zero attached hydrogens (tertiary/aromatic N) is 1. The lowest BCUT2D eigenvalue weighted by atomic mass is 9.96. The molecular formula is C11H21F2NO3. The summed E-state index contributed by atoms with van der Waals surface area (Å²) in [5.41, 5.74) is -2.12. The Hall–Kier alpha value is -0.910. The van der Waals surface area contributed by atoms with Gasteiger partial charge in [0.05, 0.1) is 5.54 Å². The second-order valence-electron chi connectivity index (χ2n) is 5.47. The number of hydrogen-bond acceptors (Lipinski definition) is 3. The summed E-state index contributed by atoms with van der Waals surface area (Å²) in [5, 5.41) is 9.37. The lowest BCUT2D eigenvalue weighted by Crippen LogP contribution is -2.56. The molecule has 0 aromatic rings. The van der Waals surface area contributed by atoms with Gasteiger partial charge in [0, 0.05) is 7.05 Å². The van der Waals surface area contributed by atoms with Gasteiger partial charge in [-0.05, 0) is 34.6 Å². The summed E-state index contributed by atoms with van der Waals surface area (Å²) < 4.78 is 30.0. The highest BCUT2D eigenvalue weighted by Gasteiger charge is 2.41. The minimum atomic E-state index is -2.92. The number of carbonyl (C=O) groups excluding carboxylic acids is 1. The Kier molecular flexibility index (Phi) is 4.89. The monoisotopic (exact) mass is 253 g/mol. The van der Waals surface area contributed by atoms with Crippen LogP contribution >= 0.6 is 0 Å². The van der Waals surface area contributed by atoms with Crippen LogP contribution in [-0.2, 0) is 4.74 Å². The van der Waals surface area contributed by atoms with Crippen molar-refractivity contribution in [3.8, 4) is 0 Å². The fraction of sp³-hybridized carbons (Fsp3) is 0.909. The van der Waals surface area contributed by atoms with Crippen molar-refractivity contribution in [1.29, 1.82) is 0 Å². The second kappa shape index (κ2) is 5.16. The van der Waals surface area contributed by atoms with Crippen LogP contribution in [0.1, 0.15) is 34.6 Å². The number of rotatable bonds is 3. The van der Waals surface area contributed by atoms with Crippen molar-refractivity contribution in [3.63, 3.8) is 0 Å². The van der Waals surface area contributed by atoms with Crippen LogP contribution in [0.4, 0.5) is 13.6 Å². The van der Waals surface area contributed by atoms with E-state index in [1.807, 2.05) is 0 Å². The van der Waals surface area contributed by atoms with Crippen molar-refractivity contribution in [2.75, 3.05) is 7.05 Å². The van der Waals surface area contributed by atoms with E-state index >= 15 is 0 Å². The summed E-state index contributed by atoms with van der Waals surface area (Å²) in [4.78, 5) is 12.7. The van der Waals surface area contributed by atoms with Gasteiger partial charge >= 0.3 is 6.09 Å². The van der Waals surface area contributed by atoms with Gasteiger partial charge in [0.15, 0.2) is 0 Å². The summed E-state index contributed by atoms with van der Waals surface area (Å²) in [6.07, 6.45) is -5.60. The van der Waals surface area contributed by atoms with E-state index in [0.29, 0.717) is 0 Å². The normalized spacial score (nSPS) is 14.7. The zero-order chi connectivity index (χ0) is 14.0. The number of likely N-dealkylation sites (N-methyl/N-ethyl adjacent to an activating group) is 1. The number of halogens is 2. The predicted octanol–water partition coefficient (Wildman–Crippen LogP) is 2.26. The molecule has 0 aliphatic carbocycles. The minimum Gasteiger partial charge on any atom is -0.444 e. The molecule has 0 radical (unpaired) electrons. The molecule has 1 unspecified atom stereocenters. The van der Waals surface area contributed by atoms with Gasteiger partial charge < -0.3 is 14.7 Å². The molecule has 0 fully saturated rings. The third-order valence-electron chi connectivity index (χ3n) is 2.49. The van der Waals surface area contributed by atoms with Gasteiger partial charge in [-0.1, -0.05) is 0 Å². The van der Waals surface area contributed by atoms with E-state index in [4.69, 9.17) is 4.74 Å². The van der Waals surface area contributed by atoms with E-state index in [9.17, 15) is 18.7 Å². The predicted molar refractivity (Wildman–Crippen MR) is 60.1 cm³/mol. The number of carbonyl (C=O) groups is 1. The molecule has 6 heteroatoms. The number of amides is 1. The highest BCUT2D eigenvalue weighted by molar-refractivity contribution is 5.68. The van der Waals surface area contributed by atoms with Crippen LogP contribution in [0.25, 0.3) is 0 Å². The molecule has 17 heavy (non-hydrogen) atoms. The molecule has 0 saturated carbocycles. The fourth-order valence-corrected chi connectivity index (χ4v) is 1.07. The molecule has 1 N–H and O–H groups in total. The SMILES string of the molecule is CN(C(=O)OC(C)(C)C)C(C)(C)C(O)C(F)F. The van der Waals surface area contributed by atoms with Crippen LogP contribution in [0.3, 0.4) is 0 Å². The average Bonchev–Trinajstić information content (AvgIpc) is 2.12. The van der Waals surface area contributed by atoms with Crippen LogP contribution in [0.2, 0.25) is 0 Å². The first kappa shape index (κ1) is 16.1. The molecule has 0 bridgehead atoms. The highest BCUT2D eigenvalue weighted by atomic mass is 19.3. The number of alkyl halides is 2. The van der Waals surface area contributed by atoms with Crippen molar-refractivity contribution >= 4 is 6.09 Å². The molecule has 0 saturated heterocycles. The van der Waals surface area contributed by atoms with E-state index in [2.05, 4.69) is 0 Å². The largest absolute Gasteiger partial charge is 0.444 e. The Balaban J connectivity index is 4.79. The molecule has 102 valence electrons. The smallest absolute Gasteiger partial charge is 0.410 e. The van der Waals surface area contributed by atoms with Crippen molar-refractivity contribution in [3.05, 3.63) is 0 Å². The van der Waals surface area contributed by atoms with Gasteiger partial charge in [0.1, 0.15) is 11.7 Å². The highest BCUT2D eigenvalue weighted by Crippen LogP contribution is 2.24. The Morgan fingerprint density at radius 3 is 1.94 bits per heavy atom. The quantitative estimate of drug-likeness (QED) is 0.839. The zero-order valence-electron chi connectivity index (χ0n) is 11.1. The molecule has 1 atom stereocenters. The van der Waals surface area contributed by atoms with E-state index in [1.54, 1.807) is 20.8 Å². The molecule has 1 amide bonds. The first-order chi connectivity index (χ1) is 7.39. The van der Waals surface area contributed by atoms with Crippen molar-refractivity contribution < 1.29 is 23.4 Å². The Bertz CT molecular complexity index is 274. The lowest BCUT2D eigenvalue weighted by Gasteiger charge is -2.39. The summed E-state index contributed by atoms with van der Waals surface area (Å²) in [7, 11) is 1.32. The minimum absolute atomic E-state index is 0.711. The van der Waals surface area contributed by atoms with Crippen molar-refractivity contribution in [2.24, 2.45) is 0 Å². The van der Waals surface area contributed by atoms with E-state index in [1.165, 1.54) is 20.9 Å². The average molecular weight is 253 g/mol. The molecule has 0 aliphatic rings. The zero-order valence-corrected chi connectivity index (χ0v) is 11.1. The van der Waals surface area contributed by atoms with Gasteiger partial charge in [0.2, 0.25) is 0 Å². The fourth-order valence-electron chi connectivity index (χ4n) is 1.07. The molecule has 0 aliphatic heterocycles. The molecule has 0 rings (SSSR count). The number of hydrogen-bond donors (Lipinski definition) is 1. The lowest BCUT2D eigenvalue weighted by molar-refractivity contribution is -0.0874. The Morgan fingerprint density at radius 1 is 1.24 bits per heavy atom. The number of ether oxygens (including phenoxy) is 1. The Labute approximate surface area is 101 Å². The maximum absolute atomic E-state index is 12.5. The maximum Gasteiger partial charge on any atom is 0.410 e. The first-order valence-electron chi connectivity index (χ1n) is 5.32. The standard InChI is InChI=1S/C11H21F2NO3/c1-10(2,3)17-9(16)14(6)11(4,5)7(15)8(12)13/h7-8,15H,1-6H3. The summed E-state index contributed by atoms with van der Waals surface area (Å²) in [6, 6.07) is 0. The maximum atomic E-state index is 12.5. The van der Waals surface area contributed by atoms with Gasteiger partial charge in [-0.25, -0.2) is 13.6 Å². The van der Waals surface area contributed by atoms with E-state index < -0.39 is 29.8 Å². The van der Waals surface area contributed by atoms with Crippen LogP contribution in [0, 0.1) is 0 Å². The molecule has 0 heterocycles. The molecule has 0 spiro atoms. The molecule has 4 nitrogen and oxygen atoms in total. The molecular weight excluding hydrogens is 232 g/mol. The van der Waals surface area contributed by atoms with Gasteiger partial charge in [-0.3, -0.25) is 0 Å². The van der Waals surface area contributed by atoms with Gasteiger partial charge in [0.25, 0.3) is 6.43 Å². The van der Waals surface area contributed by atoms with Crippen LogP contribution in [0.5, 0.6) is 0 Å². The number of aliphatic hydroxyl groups excluding tert-OH is 1. The summed E-state index contributed by atoms with van der Waals surface area (Å²) >= 11 is 0. The van der Waals surface area contributed by atoms with E-state index in [0.717, 1.165) is 4.90 Å². The molecule has 0 aromatic carbocycles. The van der Waals surface area contributed by atoms with Gasteiger partial charge in [-0.15, -0.1) is 0 Å². The number of aliphatic hydroxyl groups is 1. The van der Waals surface area contributed by atoms with Crippen LogP contribution in [0.15, 0.2) is 0 Å². The third kappa shape index (κ3) is 4.46. The van der Waals surface area contributed by atoms with E-state index in [-0.39, 0.29) is 0 Å². The first-order valence-corrected chi connectivity index (χ1v) is 5.32. The van der Waals surface area contributed by atoms with Crippen molar-refractivity contribution in [1.82, 2.24) is 4.90 Å². The van der Waals surface area contributed by atoms with Crippen molar-refractivity contribution in [2.45, 2.75) is 58.3 Å². The van der Waals surface area contributed by atoms with Crippen LogP contribution < -0.4 is 0 Å². The summed E-state index contributed by atoms with van der Waals surface area (Å²) in [5.74, 6) is 0. The van der Waals surface area contributed by atoms with Gasteiger partial charge in [-0.2, -0.15) is 0 Å². The topological polar surface area (TPSA) is 49.8 Å². The third-order valence-corrected chi connectivity index (χ3v) is 2.49. The van der Waals surface area contributed by atoms with Crippen LogP contribution in [-0.4, -0.2) is 46.8 Å². The Morgan fingerprint density at radius 2 is 1.65 bits per heavy atom.